The van der Waals surface area contributed by atoms with Crippen molar-refractivity contribution in [3.05, 3.63) is 64.2 Å². The molecule has 1 heterocycles. The maximum absolute atomic E-state index is 10.5. The van der Waals surface area contributed by atoms with Crippen LogP contribution in [-0.4, -0.2) is 36.2 Å². The molecule has 1 saturated heterocycles. The molecule has 0 aromatic heterocycles. The Balaban J connectivity index is 1.78. The van der Waals surface area contributed by atoms with Gasteiger partial charge in [0.05, 0.1) is 18.8 Å². The van der Waals surface area contributed by atoms with Gasteiger partial charge in [-0.2, -0.15) is 0 Å². The Hall–Kier alpha value is -1.88. The Morgan fingerprint density at radius 2 is 1.64 bits per heavy atom. The second-order valence-corrected chi connectivity index (χ2v) is 12.3. The number of aliphatic hydroxyl groups is 1. The van der Waals surface area contributed by atoms with Crippen molar-refractivity contribution in [2.45, 2.75) is 111 Å². The number of hydrogen-bond donors (Lipinski definition) is 2. The summed E-state index contributed by atoms with van der Waals surface area (Å²) >= 11 is 0. The normalized spacial score (nSPS) is 18.9. The van der Waals surface area contributed by atoms with Crippen LogP contribution in [0.15, 0.2) is 36.4 Å². The molecule has 1 fully saturated rings. The third-order valence-corrected chi connectivity index (χ3v) is 8.15. The van der Waals surface area contributed by atoms with E-state index in [0.717, 1.165) is 31.4 Å². The van der Waals surface area contributed by atoms with Gasteiger partial charge in [0.15, 0.2) is 0 Å². The monoisotopic (exact) mass is 495 g/mol. The summed E-state index contributed by atoms with van der Waals surface area (Å²) in [6, 6.07) is 13.9. The number of hydrogen-bond acceptors (Lipinski definition) is 4. The number of aliphatic hydroxyl groups excluding tert-OH is 1. The summed E-state index contributed by atoms with van der Waals surface area (Å²) in [5.41, 5.74) is 6.11. The fraction of sp³-hybridized carbons (Fsp3) is 0.625. The van der Waals surface area contributed by atoms with E-state index in [4.69, 9.17) is 9.47 Å². The quantitative estimate of drug-likeness (QED) is 0.378. The molecule has 0 amide bonds. The van der Waals surface area contributed by atoms with Gasteiger partial charge in [0.25, 0.3) is 0 Å². The van der Waals surface area contributed by atoms with Gasteiger partial charge in [-0.1, -0.05) is 65.0 Å². The van der Waals surface area contributed by atoms with Crippen molar-refractivity contribution in [3.8, 4) is 5.75 Å². The van der Waals surface area contributed by atoms with Crippen molar-refractivity contribution in [2.75, 3.05) is 13.2 Å². The lowest BCUT2D eigenvalue weighted by Crippen LogP contribution is -2.41. The van der Waals surface area contributed by atoms with Gasteiger partial charge in [-0.15, -0.1) is 0 Å². The van der Waals surface area contributed by atoms with E-state index in [0.29, 0.717) is 13.2 Å². The van der Waals surface area contributed by atoms with E-state index in [-0.39, 0.29) is 28.7 Å². The van der Waals surface area contributed by atoms with Crippen LogP contribution in [0.5, 0.6) is 5.75 Å². The average molecular weight is 496 g/mol. The molecule has 0 bridgehead atoms. The highest BCUT2D eigenvalue weighted by Gasteiger charge is 2.33. The number of ether oxygens (including phenoxy) is 2. The Morgan fingerprint density at radius 3 is 2.14 bits per heavy atom. The molecule has 0 spiro atoms. The van der Waals surface area contributed by atoms with Crippen LogP contribution in [0.4, 0.5) is 0 Å². The molecular formula is C32H49NO3. The van der Waals surface area contributed by atoms with Gasteiger partial charge >= 0.3 is 0 Å². The van der Waals surface area contributed by atoms with Crippen molar-refractivity contribution in [3.63, 3.8) is 0 Å². The molecule has 4 heteroatoms. The predicted octanol–water partition coefficient (Wildman–Crippen LogP) is 6.85. The largest absolute Gasteiger partial charge is 0.492 e. The third-order valence-electron chi connectivity index (χ3n) is 8.15. The van der Waals surface area contributed by atoms with Gasteiger partial charge in [0.2, 0.25) is 0 Å². The minimum absolute atomic E-state index is 0.0393. The molecule has 2 atom stereocenters. The highest BCUT2D eigenvalue weighted by molar-refractivity contribution is 5.47. The van der Waals surface area contributed by atoms with Crippen molar-refractivity contribution in [1.29, 1.82) is 0 Å². The van der Waals surface area contributed by atoms with E-state index in [1.54, 1.807) is 0 Å². The van der Waals surface area contributed by atoms with Crippen LogP contribution in [0.25, 0.3) is 0 Å². The molecule has 0 radical (unpaired) electrons. The summed E-state index contributed by atoms with van der Waals surface area (Å²) in [5.74, 6) is 0.940. The molecule has 1 unspecified atom stereocenters. The lowest BCUT2D eigenvalue weighted by Gasteiger charge is -2.34. The molecule has 2 aromatic carbocycles. The Labute approximate surface area is 219 Å². The predicted molar refractivity (Wildman–Crippen MR) is 150 cm³/mol. The maximum Gasteiger partial charge on any atom is 0.122 e. The molecule has 1 aliphatic rings. The summed E-state index contributed by atoms with van der Waals surface area (Å²) in [6.07, 6.45) is 3.46. The van der Waals surface area contributed by atoms with Gasteiger partial charge in [0, 0.05) is 5.41 Å². The summed E-state index contributed by atoms with van der Waals surface area (Å²) in [6.45, 7) is 20.6. The third kappa shape index (κ3) is 6.51. The first-order valence-electron chi connectivity index (χ1n) is 13.7. The Bertz CT molecular complexity index is 1020. The van der Waals surface area contributed by atoms with Crippen molar-refractivity contribution < 1.29 is 14.6 Å². The molecule has 1 aliphatic heterocycles. The first-order chi connectivity index (χ1) is 16.8. The van der Waals surface area contributed by atoms with Gasteiger partial charge in [0.1, 0.15) is 18.1 Å². The minimum atomic E-state index is -0.297. The second-order valence-electron chi connectivity index (χ2n) is 12.3. The fourth-order valence-electron chi connectivity index (χ4n) is 5.51. The SMILES string of the molecule is CCC(CC)(c1ccc(CCC(O)C(C)(C)C)c(C)c1)c1ccc(OC[C@@H]2COC(C)(C)N2)c(C)c1. The zero-order valence-corrected chi connectivity index (χ0v) is 24.1. The summed E-state index contributed by atoms with van der Waals surface area (Å²) in [4.78, 5) is 0. The molecule has 0 aliphatic carbocycles. The lowest BCUT2D eigenvalue weighted by molar-refractivity contribution is 0.0230. The lowest BCUT2D eigenvalue weighted by atomic mass is 9.69. The van der Waals surface area contributed by atoms with E-state index in [1.165, 1.54) is 27.8 Å². The summed E-state index contributed by atoms with van der Waals surface area (Å²) < 4.78 is 12.0. The van der Waals surface area contributed by atoms with E-state index in [9.17, 15) is 5.11 Å². The Morgan fingerprint density at radius 1 is 1.03 bits per heavy atom. The van der Waals surface area contributed by atoms with Crippen LogP contribution < -0.4 is 10.1 Å². The van der Waals surface area contributed by atoms with Crippen LogP contribution >= 0.6 is 0 Å². The topological polar surface area (TPSA) is 50.7 Å². The van der Waals surface area contributed by atoms with Crippen molar-refractivity contribution >= 4 is 0 Å². The van der Waals surface area contributed by atoms with Crippen LogP contribution in [0, 0.1) is 19.3 Å². The molecule has 36 heavy (non-hydrogen) atoms. The molecule has 200 valence electrons. The first-order valence-corrected chi connectivity index (χ1v) is 13.7. The van der Waals surface area contributed by atoms with E-state index in [2.05, 4.69) is 90.2 Å². The first kappa shape index (κ1) is 28.7. The standard InChI is InChI=1S/C32H49NO3/c1-10-32(11-2,25-14-12-24(22(3)18-25)13-17-29(34)30(5,6)7)26-15-16-28(23(4)19-26)35-20-27-21-36-31(8,9)33-27/h12,14-16,18-19,27,29,33-34H,10-11,13,17,20-21H2,1-9H3/t27-,29?/m1/s1. The maximum atomic E-state index is 10.5. The van der Waals surface area contributed by atoms with Crippen molar-refractivity contribution in [2.24, 2.45) is 5.41 Å². The molecular weight excluding hydrogens is 446 g/mol. The molecule has 2 N–H and O–H groups in total. The second kappa shape index (κ2) is 11.2. The molecule has 4 nitrogen and oxygen atoms in total. The van der Waals surface area contributed by atoms with Crippen molar-refractivity contribution in [1.82, 2.24) is 5.32 Å². The van der Waals surface area contributed by atoms with E-state index < -0.39 is 0 Å². The molecule has 3 rings (SSSR count). The highest BCUT2D eigenvalue weighted by Crippen LogP contribution is 2.41. The van der Waals surface area contributed by atoms with Gasteiger partial charge in [-0.25, -0.2) is 0 Å². The molecule has 0 saturated carbocycles. The van der Waals surface area contributed by atoms with Gasteiger partial charge < -0.3 is 14.6 Å². The van der Waals surface area contributed by atoms with Crippen LogP contribution in [0.3, 0.4) is 0 Å². The summed E-state index contributed by atoms with van der Waals surface area (Å²) in [7, 11) is 0. The van der Waals surface area contributed by atoms with Gasteiger partial charge in [-0.3, -0.25) is 5.32 Å². The minimum Gasteiger partial charge on any atom is -0.492 e. The smallest absolute Gasteiger partial charge is 0.122 e. The summed E-state index contributed by atoms with van der Waals surface area (Å²) in [5, 5.41) is 14.0. The number of aryl methyl sites for hydroxylation is 3. The van der Waals surface area contributed by atoms with Gasteiger partial charge in [-0.05, 0) is 92.7 Å². The number of benzene rings is 2. The number of rotatable bonds is 10. The van der Waals surface area contributed by atoms with Crippen LogP contribution in [0.1, 0.15) is 95.5 Å². The van der Waals surface area contributed by atoms with E-state index >= 15 is 0 Å². The molecule has 2 aromatic rings. The van der Waals surface area contributed by atoms with E-state index in [1.807, 2.05) is 13.8 Å². The zero-order chi connectivity index (χ0) is 26.7. The zero-order valence-electron chi connectivity index (χ0n) is 24.1. The Kier molecular flexibility index (Phi) is 8.96. The van der Waals surface area contributed by atoms with Crippen LogP contribution in [0.2, 0.25) is 0 Å². The van der Waals surface area contributed by atoms with Crippen LogP contribution in [-0.2, 0) is 16.6 Å². The number of nitrogens with one attached hydrogen (secondary N) is 1. The highest BCUT2D eigenvalue weighted by atomic mass is 16.5. The fourth-order valence-corrected chi connectivity index (χ4v) is 5.51. The average Bonchev–Trinajstić information content (AvgIpc) is 3.16.